The van der Waals surface area contributed by atoms with Crippen LogP contribution in [0.25, 0.3) is 11.0 Å². The first-order valence-corrected chi connectivity index (χ1v) is 5.97. The molecule has 0 saturated carbocycles. The van der Waals surface area contributed by atoms with E-state index in [0.717, 1.165) is 0 Å². The average Bonchev–Trinajstić information content (AvgIpc) is 2.82. The van der Waals surface area contributed by atoms with Crippen molar-refractivity contribution in [2.45, 2.75) is 0 Å². The molecule has 0 bridgehead atoms. The standard InChI is InChI=1S/C12H8ClN5O2/c13-11-5-10(7(6-15-11)12(14)19)20-18-9-4-2-1-3-8(9)16-17-18/h1-6H,(H2,14,19). The lowest BCUT2D eigenvalue weighted by molar-refractivity contribution is 0.0990. The molecule has 20 heavy (non-hydrogen) atoms. The van der Waals surface area contributed by atoms with Crippen LogP contribution in [-0.2, 0) is 0 Å². The molecule has 1 amide bonds. The van der Waals surface area contributed by atoms with E-state index in [4.69, 9.17) is 22.2 Å². The highest BCUT2D eigenvalue weighted by Crippen LogP contribution is 2.22. The van der Waals surface area contributed by atoms with Crippen LogP contribution in [0.1, 0.15) is 10.4 Å². The van der Waals surface area contributed by atoms with Gasteiger partial charge in [0.1, 0.15) is 21.7 Å². The third-order valence-electron chi connectivity index (χ3n) is 2.60. The van der Waals surface area contributed by atoms with Crippen LogP contribution in [0.2, 0.25) is 5.15 Å². The van der Waals surface area contributed by atoms with Crippen molar-refractivity contribution < 1.29 is 9.63 Å². The van der Waals surface area contributed by atoms with E-state index in [0.29, 0.717) is 11.0 Å². The Balaban J connectivity index is 2.07. The van der Waals surface area contributed by atoms with Crippen LogP contribution < -0.4 is 10.6 Å². The van der Waals surface area contributed by atoms with Crippen LogP contribution in [0.4, 0.5) is 0 Å². The number of aromatic nitrogens is 4. The number of fused-ring (bicyclic) bond motifs is 1. The molecular weight excluding hydrogens is 282 g/mol. The molecule has 7 nitrogen and oxygen atoms in total. The average molecular weight is 290 g/mol. The van der Waals surface area contributed by atoms with Gasteiger partial charge in [-0.15, -0.1) is 5.10 Å². The Hall–Kier alpha value is -2.67. The van der Waals surface area contributed by atoms with Gasteiger partial charge < -0.3 is 10.6 Å². The number of nitrogens with two attached hydrogens (primary N) is 1. The second kappa shape index (κ2) is 4.78. The molecule has 8 heteroatoms. The van der Waals surface area contributed by atoms with Crippen molar-refractivity contribution in [1.82, 2.24) is 20.1 Å². The summed E-state index contributed by atoms with van der Waals surface area (Å²) in [6.07, 6.45) is 1.25. The maximum atomic E-state index is 11.3. The smallest absolute Gasteiger partial charge is 0.254 e. The Labute approximate surface area is 117 Å². The number of rotatable bonds is 3. The zero-order valence-corrected chi connectivity index (χ0v) is 10.8. The minimum absolute atomic E-state index is 0.106. The van der Waals surface area contributed by atoms with Crippen LogP contribution >= 0.6 is 11.6 Å². The summed E-state index contributed by atoms with van der Waals surface area (Å²) < 4.78 is 0. The fourth-order valence-electron chi connectivity index (χ4n) is 1.68. The van der Waals surface area contributed by atoms with E-state index in [1.807, 2.05) is 12.1 Å². The van der Waals surface area contributed by atoms with Crippen molar-refractivity contribution in [1.29, 1.82) is 0 Å². The van der Waals surface area contributed by atoms with Crippen molar-refractivity contribution in [3.8, 4) is 5.75 Å². The van der Waals surface area contributed by atoms with Gasteiger partial charge in [-0.05, 0) is 17.3 Å². The Morgan fingerprint density at radius 1 is 1.35 bits per heavy atom. The van der Waals surface area contributed by atoms with Gasteiger partial charge in [-0.1, -0.05) is 28.6 Å². The van der Waals surface area contributed by atoms with E-state index in [2.05, 4.69) is 15.3 Å². The van der Waals surface area contributed by atoms with Gasteiger partial charge >= 0.3 is 0 Å². The molecule has 2 heterocycles. The van der Waals surface area contributed by atoms with Gasteiger partial charge in [0.2, 0.25) is 0 Å². The van der Waals surface area contributed by atoms with Gasteiger partial charge in [-0.2, -0.15) is 0 Å². The molecule has 100 valence electrons. The van der Waals surface area contributed by atoms with E-state index >= 15 is 0 Å². The van der Waals surface area contributed by atoms with Gasteiger partial charge in [0.05, 0.1) is 0 Å². The molecule has 1 aromatic carbocycles. The molecule has 3 rings (SSSR count). The predicted octanol–water partition coefficient (Wildman–Crippen LogP) is 1.42. The van der Waals surface area contributed by atoms with Crippen LogP contribution in [0, 0.1) is 0 Å². The van der Waals surface area contributed by atoms with Gasteiger partial charge in [0.15, 0.2) is 5.75 Å². The fourth-order valence-corrected chi connectivity index (χ4v) is 1.83. The minimum Gasteiger partial charge on any atom is -0.365 e. The molecule has 2 aromatic heterocycles. The first-order valence-electron chi connectivity index (χ1n) is 5.59. The number of halogens is 1. The summed E-state index contributed by atoms with van der Waals surface area (Å²) in [6, 6.07) is 8.61. The Morgan fingerprint density at radius 3 is 2.95 bits per heavy atom. The molecule has 0 atom stereocenters. The molecule has 0 aliphatic carbocycles. The van der Waals surface area contributed by atoms with E-state index in [9.17, 15) is 4.79 Å². The summed E-state index contributed by atoms with van der Waals surface area (Å²) in [7, 11) is 0. The Morgan fingerprint density at radius 2 is 2.15 bits per heavy atom. The molecular formula is C12H8ClN5O2. The number of carbonyl (C=O) groups excluding carboxylic acids is 1. The molecule has 0 spiro atoms. The van der Waals surface area contributed by atoms with Crippen LogP contribution in [-0.4, -0.2) is 26.0 Å². The number of hydrogen-bond donors (Lipinski definition) is 1. The van der Waals surface area contributed by atoms with E-state index in [-0.39, 0.29) is 16.5 Å². The van der Waals surface area contributed by atoms with Crippen LogP contribution in [0.5, 0.6) is 5.75 Å². The number of benzene rings is 1. The van der Waals surface area contributed by atoms with E-state index in [1.54, 1.807) is 12.1 Å². The fraction of sp³-hybridized carbons (Fsp3) is 0. The number of pyridine rings is 1. The largest absolute Gasteiger partial charge is 0.365 e. The first-order chi connectivity index (χ1) is 9.65. The molecule has 2 N–H and O–H groups in total. The van der Waals surface area contributed by atoms with Crippen molar-refractivity contribution in [2.75, 3.05) is 0 Å². The minimum atomic E-state index is -0.673. The summed E-state index contributed by atoms with van der Waals surface area (Å²) in [5.41, 5.74) is 6.67. The number of carbonyl (C=O) groups is 1. The molecule has 0 aliphatic rings. The summed E-state index contributed by atoms with van der Waals surface area (Å²) in [5.74, 6) is -0.512. The Bertz CT molecular complexity index is 801. The van der Waals surface area contributed by atoms with Gasteiger partial charge in [0.25, 0.3) is 5.91 Å². The summed E-state index contributed by atoms with van der Waals surface area (Å²) in [5, 5.41) is 7.96. The zero-order valence-electron chi connectivity index (χ0n) is 10.0. The SMILES string of the molecule is NC(=O)c1cnc(Cl)cc1On1nnc2ccccc21. The quantitative estimate of drug-likeness (QED) is 0.736. The van der Waals surface area contributed by atoms with Crippen molar-refractivity contribution in [2.24, 2.45) is 5.73 Å². The second-order valence-corrected chi connectivity index (χ2v) is 4.30. The van der Waals surface area contributed by atoms with Gasteiger partial charge in [0, 0.05) is 12.3 Å². The van der Waals surface area contributed by atoms with Crippen molar-refractivity contribution >= 4 is 28.5 Å². The topological polar surface area (TPSA) is 95.9 Å². The summed E-state index contributed by atoms with van der Waals surface area (Å²) >= 11 is 5.79. The highest BCUT2D eigenvalue weighted by atomic mass is 35.5. The number of nitrogens with zero attached hydrogens (tertiary/aromatic N) is 4. The normalized spacial score (nSPS) is 10.7. The number of para-hydroxylation sites is 1. The third kappa shape index (κ3) is 2.14. The maximum absolute atomic E-state index is 11.3. The Kier molecular flexibility index (Phi) is 2.96. The van der Waals surface area contributed by atoms with Crippen molar-refractivity contribution in [3.63, 3.8) is 0 Å². The first kappa shape index (κ1) is 12.4. The summed E-state index contributed by atoms with van der Waals surface area (Å²) in [6.45, 7) is 0. The predicted molar refractivity (Wildman–Crippen MR) is 71.3 cm³/mol. The molecule has 3 aromatic rings. The number of hydrogen-bond acceptors (Lipinski definition) is 5. The lowest BCUT2D eigenvalue weighted by Crippen LogP contribution is -2.16. The van der Waals surface area contributed by atoms with Crippen molar-refractivity contribution in [3.05, 3.63) is 47.2 Å². The number of amides is 1. The second-order valence-electron chi connectivity index (χ2n) is 3.91. The van der Waals surface area contributed by atoms with Crippen LogP contribution in [0.15, 0.2) is 36.5 Å². The lowest BCUT2D eigenvalue weighted by Gasteiger charge is -2.08. The highest BCUT2D eigenvalue weighted by molar-refractivity contribution is 6.29. The molecule has 0 fully saturated rings. The molecule has 0 unspecified atom stereocenters. The maximum Gasteiger partial charge on any atom is 0.254 e. The highest BCUT2D eigenvalue weighted by Gasteiger charge is 2.14. The van der Waals surface area contributed by atoms with Crippen LogP contribution in [0.3, 0.4) is 0 Å². The van der Waals surface area contributed by atoms with Gasteiger partial charge in [-0.25, -0.2) is 4.98 Å². The zero-order chi connectivity index (χ0) is 14.1. The monoisotopic (exact) mass is 289 g/mol. The lowest BCUT2D eigenvalue weighted by atomic mass is 10.2. The summed E-state index contributed by atoms with van der Waals surface area (Å²) in [4.78, 5) is 21.8. The molecule has 0 saturated heterocycles. The van der Waals surface area contributed by atoms with E-state index in [1.165, 1.54) is 17.1 Å². The molecule has 0 aliphatic heterocycles. The van der Waals surface area contributed by atoms with Gasteiger partial charge in [-0.3, -0.25) is 4.79 Å². The third-order valence-corrected chi connectivity index (χ3v) is 2.81. The van der Waals surface area contributed by atoms with E-state index < -0.39 is 5.91 Å². The number of primary amides is 1. The molecule has 0 radical (unpaired) electrons.